The van der Waals surface area contributed by atoms with Crippen LogP contribution in [0.4, 0.5) is 11.5 Å². The highest BCUT2D eigenvalue weighted by atomic mass is 35.5. The van der Waals surface area contributed by atoms with E-state index >= 15 is 0 Å². The van der Waals surface area contributed by atoms with Gasteiger partial charge < -0.3 is 9.73 Å². The van der Waals surface area contributed by atoms with E-state index in [1.54, 1.807) is 6.92 Å². The highest BCUT2D eigenvalue weighted by Crippen LogP contribution is 2.15. The van der Waals surface area contributed by atoms with Crippen LogP contribution >= 0.6 is 11.6 Å². The van der Waals surface area contributed by atoms with Crippen molar-refractivity contribution < 1.29 is 4.42 Å². The summed E-state index contributed by atoms with van der Waals surface area (Å²) < 4.78 is 4.90. The number of para-hydroxylation sites is 1. The Kier molecular flexibility index (Phi) is 2.92. The van der Waals surface area contributed by atoms with Gasteiger partial charge in [-0.05, 0) is 19.1 Å². The van der Waals surface area contributed by atoms with E-state index in [0.717, 1.165) is 5.69 Å². The summed E-state index contributed by atoms with van der Waals surface area (Å²) in [6, 6.07) is 9.20. The molecule has 0 amide bonds. The molecule has 0 fully saturated rings. The molecule has 1 N–H and O–H groups in total. The van der Waals surface area contributed by atoms with E-state index in [-0.39, 0.29) is 11.0 Å². The molecule has 5 heteroatoms. The minimum absolute atomic E-state index is 0.0850. The first-order valence-corrected chi connectivity index (χ1v) is 5.04. The van der Waals surface area contributed by atoms with Crippen molar-refractivity contribution >= 4 is 23.1 Å². The SMILES string of the molecule is Cc1oc(=O)c(Nc2ccccc2)nc1Cl. The summed E-state index contributed by atoms with van der Waals surface area (Å²) in [6.45, 7) is 1.59. The minimum atomic E-state index is -0.536. The topological polar surface area (TPSA) is 55.1 Å². The van der Waals surface area contributed by atoms with Crippen molar-refractivity contribution in [1.29, 1.82) is 0 Å². The fourth-order valence-corrected chi connectivity index (χ4v) is 1.31. The smallest absolute Gasteiger partial charge is 0.379 e. The molecule has 0 saturated carbocycles. The number of hydrogen-bond acceptors (Lipinski definition) is 4. The normalized spacial score (nSPS) is 10.1. The monoisotopic (exact) mass is 236 g/mol. The van der Waals surface area contributed by atoms with Crippen LogP contribution in [0.1, 0.15) is 5.76 Å². The molecule has 4 nitrogen and oxygen atoms in total. The molecule has 1 aromatic carbocycles. The average Bonchev–Trinajstić information content (AvgIpc) is 2.27. The van der Waals surface area contributed by atoms with E-state index in [0.29, 0.717) is 5.76 Å². The van der Waals surface area contributed by atoms with Gasteiger partial charge in [-0.25, -0.2) is 9.78 Å². The third-order valence-electron chi connectivity index (χ3n) is 1.98. The van der Waals surface area contributed by atoms with E-state index in [1.165, 1.54) is 0 Å². The largest absolute Gasteiger partial charge is 0.422 e. The standard InChI is InChI=1S/C11H9ClN2O2/c1-7-9(12)14-10(11(15)16-7)13-8-5-3-2-4-6-8/h2-6H,1H3,(H,13,14). The summed E-state index contributed by atoms with van der Waals surface area (Å²) in [5, 5.41) is 3.02. The number of rotatable bonds is 2. The molecular formula is C11H9ClN2O2. The molecule has 0 radical (unpaired) electrons. The van der Waals surface area contributed by atoms with Gasteiger partial charge in [0.25, 0.3) is 0 Å². The molecule has 0 aliphatic rings. The van der Waals surface area contributed by atoms with Crippen molar-refractivity contribution in [3.05, 3.63) is 51.7 Å². The molecule has 1 heterocycles. The van der Waals surface area contributed by atoms with Gasteiger partial charge in [-0.3, -0.25) is 0 Å². The van der Waals surface area contributed by atoms with Gasteiger partial charge in [0.05, 0.1) is 0 Å². The maximum Gasteiger partial charge on any atom is 0.379 e. The number of nitrogens with one attached hydrogen (secondary N) is 1. The molecule has 2 rings (SSSR count). The lowest BCUT2D eigenvalue weighted by atomic mass is 10.3. The number of halogens is 1. The summed E-state index contributed by atoms with van der Waals surface area (Å²) in [7, 11) is 0. The molecule has 0 aliphatic carbocycles. The second-order valence-corrected chi connectivity index (χ2v) is 3.55. The van der Waals surface area contributed by atoms with Gasteiger partial charge >= 0.3 is 5.63 Å². The van der Waals surface area contributed by atoms with Crippen molar-refractivity contribution in [3.8, 4) is 0 Å². The van der Waals surface area contributed by atoms with Gasteiger partial charge in [-0.15, -0.1) is 0 Å². The molecular weight excluding hydrogens is 228 g/mol. The summed E-state index contributed by atoms with van der Waals surface area (Å²) in [5.74, 6) is 0.395. The van der Waals surface area contributed by atoms with Crippen LogP contribution in [0.5, 0.6) is 0 Å². The molecule has 0 spiro atoms. The van der Waals surface area contributed by atoms with Crippen LogP contribution in [0.3, 0.4) is 0 Å². The van der Waals surface area contributed by atoms with Gasteiger partial charge in [0, 0.05) is 5.69 Å². The maximum atomic E-state index is 11.4. The van der Waals surface area contributed by atoms with Crippen LogP contribution in [-0.4, -0.2) is 4.98 Å². The number of nitrogens with zero attached hydrogens (tertiary/aromatic N) is 1. The number of hydrogen-bond donors (Lipinski definition) is 1. The van der Waals surface area contributed by atoms with Crippen LogP contribution in [0.2, 0.25) is 5.15 Å². The van der Waals surface area contributed by atoms with E-state index in [1.807, 2.05) is 30.3 Å². The number of aryl methyl sites for hydroxylation is 1. The number of anilines is 2. The van der Waals surface area contributed by atoms with E-state index in [2.05, 4.69) is 10.3 Å². The summed E-state index contributed by atoms with van der Waals surface area (Å²) >= 11 is 5.77. The van der Waals surface area contributed by atoms with Crippen molar-refractivity contribution in [2.75, 3.05) is 5.32 Å². The first-order chi connectivity index (χ1) is 7.66. The Morgan fingerprint density at radius 3 is 2.69 bits per heavy atom. The maximum absolute atomic E-state index is 11.4. The first-order valence-electron chi connectivity index (χ1n) is 4.66. The molecule has 1 aromatic heterocycles. The average molecular weight is 237 g/mol. The molecule has 0 atom stereocenters. The second kappa shape index (κ2) is 4.37. The molecule has 0 aliphatic heterocycles. The zero-order valence-electron chi connectivity index (χ0n) is 8.53. The van der Waals surface area contributed by atoms with E-state index in [9.17, 15) is 4.79 Å². The van der Waals surface area contributed by atoms with Gasteiger partial charge in [0.2, 0.25) is 5.82 Å². The Hall–Kier alpha value is -1.81. The highest BCUT2D eigenvalue weighted by Gasteiger charge is 2.08. The summed E-state index contributed by atoms with van der Waals surface area (Å²) in [5.41, 5.74) is 0.216. The zero-order valence-corrected chi connectivity index (χ0v) is 9.28. The quantitative estimate of drug-likeness (QED) is 0.871. The minimum Gasteiger partial charge on any atom is -0.422 e. The van der Waals surface area contributed by atoms with Gasteiger partial charge in [0.1, 0.15) is 5.76 Å². The Labute approximate surface area is 96.9 Å². The van der Waals surface area contributed by atoms with Crippen molar-refractivity contribution in [2.24, 2.45) is 0 Å². The molecule has 16 heavy (non-hydrogen) atoms. The third kappa shape index (κ3) is 2.23. The number of benzene rings is 1. The fraction of sp³-hybridized carbons (Fsp3) is 0.0909. The molecule has 2 aromatic rings. The third-order valence-corrected chi connectivity index (χ3v) is 2.33. The predicted octanol–water partition coefficient (Wildman–Crippen LogP) is 2.74. The zero-order chi connectivity index (χ0) is 11.5. The number of aromatic nitrogens is 1. The Bertz CT molecular complexity index is 552. The summed E-state index contributed by atoms with van der Waals surface area (Å²) in [6.07, 6.45) is 0. The van der Waals surface area contributed by atoms with Gasteiger partial charge in [0.15, 0.2) is 5.15 Å². The van der Waals surface area contributed by atoms with Gasteiger partial charge in [-0.1, -0.05) is 29.8 Å². The van der Waals surface area contributed by atoms with Crippen LogP contribution in [-0.2, 0) is 0 Å². The fourth-order valence-electron chi connectivity index (χ4n) is 1.19. The highest BCUT2D eigenvalue weighted by molar-refractivity contribution is 6.30. The predicted molar refractivity (Wildman–Crippen MR) is 62.2 cm³/mol. The lowest BCUT2D eigenvalue weighted by molar-refractivity contribution is 0.476. The molecule has 0 unspecified atom stereocenters. The van der Waals surface area contributed by atoms with E-state index in [4.69, 9.17) is 16.0 Å². The van der Waals surface area contributed by atoms with Crippen LogP contribution in [0.15, 0.2) is 39.5 Å². The lowest BCUT2D eigenvalue weighted by Crippen LogP contribution is -2.10. The van der Waals surface area contributed by atoms with Crippen molar-refractivity contribution in [2.45, 2.75) is 6.92 Å². The second-order valence-electron chi connectivity index (χ2n) is 3.19. The van der Waals surface area contributed by atoms with Crippen LogP contribution in [0, 0.1) is 6.92 Å². The summed E-state index contributed by atoms with van der Waals surface area (Å²) in [4.78, 5) is 15.4. The Morgan fingerprint density at radius 1 is 1.31 bits per heavy atom. The molecule has 0 saturated heterocycles. The molecule has 82 valence electrons. The Morgan fingerprint density at radius 2 is 2.00 bits per heavy atom. The van der Waals surface area contributed by atoms with Crippen LogP contribution < -0.4 is 10.9 Å². The first kappa shape index (κ1) is 10.7. The lowest BCUT2D eigenvalue weighted by Gasteiger charge is -2.04. The van der Waals surface area contributed by atoms with Crippen LogP contribution in [0.25, 0.3) is 0 Å². The van der Waals surface area contributed by atoms with Crippen molar-refractivity contribution in [3.63, 3.8) is 0 Å². The Balaban J connectivity index is 2.36. The molecule has 0 bridgehead atoms. The van der Waals surface area contributed by atoms with E-state index < -0.39 is 5.63 Å². The van der Waals surface area contributed by atoms with Crippen molar-refractivity contribution in [1.82, 2.24) is 4.98 Å². The van der Waals surface area contributed by atoms with Gasteiger partial charge in [-0.2, -0.15) is 0 Å².